The van der Waals surface area contributed by atoms with Crippen LogP contribution < -0.4 is 0 Å². The van der Waals surface area contributed by atoms with Gasteiger partial charge in [0.25, 0.3) is 10.0 Å². The van der Waals surface area contributed by atoms with Gasteiger partial charge in [-0.05, 0) is 19.4 Å². The lowest BCUT2D eigenvalue weighted by Crippen LogP contribution is -2.34. The van der Waals surface area contributed by atoms with E-state index >= 15 is 0 Å². The fraction of sp³-hybridized carbons (Fsp3) is 0.368. The number of fused-ring (bicyclic) bond motifs is 1. The van der Waals surface area contributed by atoms with Crippen molar-refractivity contribution in [2.75, 3.05) is 13.1 Å². The summed E-state index contributed by atoms with van der Waals surface area (Å²) in [7, 11) is 0.0239. The first-order chi connectivity index (χ1) is 12.9. The van der Waals surface area contributed by atoms with Gasteiger partial charge in [0.1, 0.15) is 0 Å². The maximum atomic E-state index is 13.1. The van der Waals surface area contributed by atoms with Crippen LogP contribution in [0.2, 0.25) is 0 Å². The van der Waals surface area contributed by atoms with E-state index in [4.69, 9.17) is 5.10 Å². The Morgan fingerprint density at radius 1 is 0.963 bits per heavy atom. The molecule has 4 rings (SSSR count). The van der Waals surface area contributed by atoms with Crippen molar-refractivity contribution in [1.82, 2.24) is 23.9 Å². The second-order valence-electron chi connectivity index (χ2n) is 6.92. The van der Waals surface area contributed by atoms with Gasteiger partial charge in [0.2, 0.25) is 0 Å². The Morgan fingerprint density at radius 3 is 2.33 bits per heavy atom. The SMILES string of the molecule is Cc1cc(S(=O)(=O)N2CCc3c(-c4ccccc4)nn(C)c3CC2)n(C)n1. The summed E-state index contributed by atoms with van der Waals surface area (Å²) in [6.45, 7) is 2.67. The predicted octanol–water partition coefficient (Wildman–Crippen LogP) is 1.92. The van der Waals surface area contributed by atoms with Gasteiger partial charge in [-0.15, -0.1) is 0 Å². The summed E-state index contributed by atoms with van der Waals surface area (Å²) in [6.07, 6.45) is 1.28. The van der Waals surface area contributed by atoms with Gasteiger partial charge >= 0.3 is 0 Å². The van der Waals surface area contributed by atoms with E-state index in [2.05, 4.69) is 5.10 Å². The molecule has 0 fully saturated rings. The second kappa shape index (κ2) is 6.61. The third kappa shape index (κ3) is 3.08. The lowest BCUT2D eigenvalue weighted by molar-refractivity contribution is 0.417. The van der Waals surface area contributed by atoms with Crippen LogP contribution in [0.5, 0.6) is 0 Å². The number of nitrogens with zero attached hydrogens (tertiary/aromatic N) is 5. The summed E-state index contributed by atoms with van der Waals surface area (Å²) in [5, 5.41) is 9.13. The predicted molar refractivity (Wildman–Crippen MR) is 103 cm³/mol. The zero-order valence-electron chi connectivity index (χ0n) is 15.8. The van der Waals surface area contributed by atoms with Crippen molar-refractivity contribution >= 4 is 10.0 Å². The Balaban J connectivity index is 1.67. The minimum absolute atomic E-state index is 0.243. The number of benzene rings is 1. The van der Waals surface area contributed by atoms with E-state index in [1.54, 1.807) is 24.3 Å². The van der Waals surface area contributed by atoms with Crippen LogP contribution in [0.3, 0.4) is 0 Å². The molecule has 142 valence electrons. The van der Waals surface area contributed by atoms with Crippen molar-refractivity contribution in [2.45, 2.75) is 24.8 Å². The standard InChI is InChI=1S/C19H23N5O2S/c1-14-13-18(23(3)20-14)27(25,26)24-11-9-16-17(10-12-24)22(2)21-19(16)15-7-5-4-6-8-15/h4-8,13H,9-12H2,1-3H3. The van der Waals surface area contributed by atoms with Gasteiger partial charge in [-0.3, -0.25) is 9.36 Å². The highest BCUT2D eigenvalue weighted by Gasteiger charge is 2.31. The van der Waals surface area contributed by atoms with Crippen molar-refractivity contribution < 1.29 is 8.42 Å². The van der Waals surface area contributed by atoms with Crippen LogP contribution in [0.4, 0.5) is 0 Å². The molecule has 0 radical (unpaired) electrons. The molecule has 0 atom stereocenters. The molecule has 27 heavy (non-hydrogen) atoms. The summed E-state index contributed by atoms with van der Waals surface area (Å²) in [5.74, 6) is 0. The maximum Gasteiger partial charge on any atom is 0.260 e. The normalized spacial score (nSPS) is 15.5. The molecule has 3 aromatic rings. The molecule has 1 aliphatic rings. The van der Waals surface area contributed by atoms with E-state index in [-0.39, 0.29) is 5.03 Å². The minimum Gasteiger partial charge on any atom is -0.272 e. The second-order valence-corrected chi connectivity index (χ2v) is 8.80. The molecule has 1 aromatic carbocycles. The highest BCUT2D eigenvalue weighted by molar-refractivity contribution is 7.89. The Bertz CT molecular complexity index is 1080. The number of hydrogen-bond donors (Lipinski definition) is 0. The first kappa shape index (κ1) is 17.9. The Hall–Kier alpha value is -2.45. The Morgan fingerprint density at radius 2 is 1.67 bits per heavy atom. The van der Waals surface area contributed by atoms with E-state index in [0.717, 1.165) is 22.5 Å². The molecule has 0 unspecified atom stereocenters. The molecule has 0 saturated carbocycles. The summed E-state index contributed by atoms with van der Waals surface area (Å²) in [5.41, 5.74) is 4.96. The molecule has 3 heterocycles. The maximum absolute atomic E-state index is 13.1. The van der Waals surface area contributed by atoms with Crippen LogP contribution in [0.25, 0.3) is 11.3 Å². The van der Waals surface area contributed by atoms with Crippen LogP contribution in [0, 0.1) is 6.92 Å². The molecule has 0 N–H and O–H groups in total. The summed E-state index contributed by atoms with van der Waals surface area (Å²) >= 11 is 0. The summed E-state index contributed by atoms with van der Waals surface area (Å²) in [6, 6.07) is 11.7. The average molecular weight is 385 g/mol. The van der Waals surface area contributed by atoms with Crippen LogP contribution in [0.1, 0.15) is 17.0 Å². The molecule has 1 aliphatic heterocycles. The van der Waals surface area contributed by atoms with Crippen LogP contribution >= 0.6 is 0 Å². The molecule has 0 saturated heterocycles. The Kier molecular flexibility index (Phi) is 4.39. The van der Waals surface area contributed by atoms with Crippen molar-refractivity contribution in [2.24, 2.45) is 14.1 Å². The van der Waals surface area contributed by atoms with Crippen LogP contribution in [-0.2, 0) is 37.0 Å². The van der Waals surface area contributed by atoms with E-state index in [1.807, 2.05) is 42.1 Å². The number of aryl methyl sites for hydroxylation is 3. The molecule has 0 amide bonds. The fourth-order valence-corrected chi connectivity index (χ4v) is 5.41. The molecular weight excluding hydrogens is 362 g/mol. The topological polar surface area (TPSA) is 73.0 Å². The number of sulfonamides is 1. The van der Waals surface area contributed by atoms with Crippen molar-refractivity contribution in [3.63, 3.8) is 0 Å². The van der Waals surface area contributed by atoms with Crippen molar-refractivity contribution in [1.29, 1.82) is 0 Å². The largest absolute Gasteiger partial charge is 0.272 e. The highest BCUT2D eigenvalue weighted by Crippen LogP contribution is 2.29. The number of hydrogen-bond acceptors (Lipinski definition) is 4. The van der Waals surface area contributed by atoms with E-state index in [1.165, 1.54) is 4.68 Å². The number of rotatable bonds is 3. The third-order valence-electron chi connectivity index (χ3n) is 5.09. The van der Waals surface area contributed by atoms with Gasteiger partial charge in [-0.25, -0.2) is 8.42 Å². The van der Waals surface area contributed by atoms with E-state index in [0.29, 0.717) is 31.6 Å². The van der Waals surface area contributed by atoms with Gasteiger partial charge in [-0.1, -0.05) is 30.3 Å². The zero-order chi connectivity index (χ0) is 19.2. The zero-order valence-corrected chi connectivity index (χ0v) is 16.6. The van der Waals surface area contributed by atoms with E-state index < -0.39 is 10.0 Å². The molecule has 0 spiro atoms. The van der Waals surface area contributed by atoms with Gasteiger partial charge in [-0.2, -0.15) is 14.5 Å². The van der Waals surface area contributed by atoms with E-state index in [9.17, 15) is 8.42 Å². The summed E-state index contributed by atoms with van der Waals surface area (Å²) in [4.78, 5) is 0. The molecule has 2 aromatic heterocycles. The molecule has 7 nitrogen and oxygen atoms in total. The van der Waals surface area contributed by atoms with Gasteiger partial charge in [0, 0.05) is 50.4 Å². The Labute approximate surface area is 159 Å². The summed E-state index contributed by atoms with van der Waals surface area (Å²) < 4.78 is 31.2. The van der Waals surface area contributed by atoms with Crippen molar-refractivity contribution in [3.8, 4) is 11.3 Å². The average Bonchev–Trinajstić information content (AvgIpc) is 3.04. The van der Waals surface area contributed by atoms with Crippen molar-refractivity contribution in [3.05, 3.63) is 53.3 Å². The fourth-order valence-electron chi connectivity index (χ4n) is 3.79. The molecule has 8 heteroatoms. The van der Waals surface area contributed by atoms with Crippen LogP contribution in [-0.4, -0.2) is 45.4 Å². The monoisotopic (exact) mass is 385 g/mol. The van der Waals surface area contributed by atoms with Gasteiger partial charge in [0.15, 0.2) is 5.03 Å². The first-order valence-corrected chi connectivity index (χ1v) is 10.4. The highest BCUT2D eigenvalue weighted by atomic mass is 32.2. The lowest BCUT2D eigenvalue weighted by Gasteiger charge is -2.19. The smallest absolute Gasteiger partial charge is 0.260 e. The molecular formula is C19H23N5O2S. The minimum atomic E-state index is -3.58. The molecule has 0 aliphatic carbocycles. The number of aromatic nitrogens is 4. The first-order valence-electron chi connectivity index (χ1n) is 8.99. The van der Waals surface area contributed by atoms with Gasteiger partial charge in [0.05, 0.1) is 11.4 Å². The van der Waals surface area contributed by atoms with Gasteiger partial charge < -0.3 is 0 Å². The quantitative estimate of drug-likeness (QED) is 0.690. The molecule has 0 bridgehead atoms. The third-order valence-corrected chi connectivity index (χ3v) is 7.05. The lowest BCUT2D eigenvalue weighted by atomic mass is 10.0. The van der Waals surface area contributed by atoms with Crippen LogP contribution in [0.15, 0.2) is 41.4 Å².